The third kappa shape index (κ3) is 28.7. The summed E-state index contributed by atoms with van der Waals surface area (Å²) in [5.41, 5.74) is 11.4. The van der Waals surface area contributed by atoms with Crippen LogP contribution in [0.4, 0.5) is 0 Å². The number of rotatable bonds is 40. The Morgan fingerprint density at radius 2 is 1.21 bits per heavy atom. The first-order chi connectivity index (χ1) is 41.7. The van der Waals surface area contributed by atoms with E-state index in [1.807, 2.05) is 5.32 Å². The highest BCUT2D eigenvalue weighted by molar-refractivity contribution is 5.98. The summed E-state index contributed by atoms with van der Waals surface area (Å²) < 4.78 is 11.3. The van der Waals surface area contributed by atoms with Crippen LogP contribution in [0.3, 0.4) is 0 Å². The number of benzene rings is 2. The number of Topliss-reactive ketones (excluding diaryl/α,β-unsaturated/α-hetero) is 2. The molecule has 27 heteroatoms. The molecule has 27 nitrogen and oxygen atoms in total. The number of carbonyl (C=O) groups excluding carboxylic acids is 10. The summed E-state index contributed by atoms with van der Waals surface area (Å²) in [6.07, 6.45) is -4.86. The molecule has 2 aromatic rings. The molecule has 0 spiro atoms. The Kier molecular flexibility index (Phi) is 35.6. The Balaban J connectivity index is 0.0000405. The molecule has 90 heavy (non-hydrogen) atoms. The summed E-state index contributed by atoms with van der Waals surface area (Å²) in [7, 11) is 0. The summed E-state index contributed by atoms with van der Waals surface area (Å²) in [4.78, 5) is 155. The smallest absolute Gasteiger partial charge is 0.328 e. The van der Waals surface area contributed by atoms with Crippen molar-refractivity contribution in [3.05, 3.63) is 71.8 Å². The van der Waals surface area contributed by atoms with E-state index in [0.29, 0.717) is 17.5 Å². The molecule has 0 saturated heterocycles. The Bertz CT molecular complexity index is 2680. The average Bonchev–Trinajstić information content (AvgIpc) is 1.24. The van der Waals surface area contributed by atoms with E-state index in [4.69, 9.17) is 26.0 Å². The lowest BCUT2D eigenvalue weighted by atomic mass is 9.80. The van der Waals surface area contributed by atoms with Gasteiger partial charge in [0.25, 0.3) is 0 Å². The maximum Gasteiger partial charge on any atom is 0.328 e. The number of carbonyl (C=O) groups is 11. The van der Waals surface area contributed by atoms with Crippen molar-refractivity contribution in [2.45, 2.75) is 189 Å². The molecule has 0 aliphatic heterocycles. The van der Waals surface area contributed by atoms with Crippen LogP contribution in [-0.4, -0.2) is 171 Å². The monoisotopic (exact) mass is 1270 g/mol. The van der Waals surface area contributed by atoms with Gasteiger partial charge in [-0.05, 0) is 75.8 Å². The van der Waals surface area contributed by atoms with Crippen molar-refractivity contribution in [2.24, 2.45) is 52.0 Å². The standard InChI is InChI=1S/C62H95N9O18.CH4/c1-11-36(6)52(48(76)27-41(37(7)74)56(82)66-30-49(77)67-45(31-72)58(84)69-46(32-73)60(86)87)70-55(81)40(23-18-24-65-61(63)64)26-47(75)44(25-34(2)3)68-59(85)53(54(80)35(4)5)71-57(83)43(29-50(78)88-33-38-19-14-12-15-20-38)42(39-21-16-13-17-22-39)28-51(79)89-62(8,9)10;/h12-17,19-22,34-37,40-46,52-54,72-74,80H,11,18,23-33H2,1-10H3,(H,66,82)(H,67,77)(H,68,85)(H,69,84)(H,70,81)(H,71,83)(H,86,87)(H4,63,64,65);1H4/t36-,37-,40-,41-,42+,43-,44-,45-,46-,52-,53-,54+;/m0./s1. The minimum Gasteiger partial charge on any atom is -0.480 e. The van der Waals surface area contributed by atoms with E-state index in [2.05, 4.69) is 31.6 Å². The first-order valence-electron chi connectivity index (χ1n) is 29.9. The molecule has 2 aromatic carbocycles. The Morgan fingerprint density at radius 3 is 1.73 bits per heavy atom. The quantitative estimate of drug-likeness (QED) is 0.0193. The number of aliphatic hydroxyl groups excluding tert-OH is 4. The van der Waals surface area contributed by atoms with Gasteiger partial charge in [0, 0.05) is 31.2 Å². The van der Waals surface area contributed by atoms with E-state index in [1.54, 1.807) is 123 Å². The maximum atomic E-state index is 14.9. The number of hydrogen-bond donors (Lipinski definition) is 13. The molecule has 0 aliphatic carbocycles. The fourth-order valence-corrected chi connectivity index (χ4v) is 9.43. The van der Waals surface area contributed by atoms with Crippen LogP contribution in [0.25, 0.3) is 0 Å². The molecule has 15 N–H and O–H groups in total. The molecule has 504 valence electrons. The number of nitrogens with two attached hydrogens (primary N) is 2. The first-order valence-corrected chi connectivity index (χ1v) is 29.9. The van der Waals surface area contributed by atoms with Crippen molar-refractivity contribution in [1.82, 2.24) is 31.9 Å². The van der Waals surface area contributed by atoms with Crippen molar-refractivity contribution in [3.63, 3.8) is 0 Å². The Labute approximate surface area is 527 Å². The fourth-order valence-electron chi connectivity index (χ4n) is 9.43. The van der Waals surface area contributed by atoms with Crippen LogP contribution in [0.2, 0.25) is 0 Å². The van der Waals surface area contributed by atoms with Gasteiger partial charge < -0.3 is 78.4 Å². The second-order valence-corrected chi connectivity index (χ2v) is 24.0. The Morgan fingerprint density at radius 1 is 0.633 bits per heavy atom. The van der Waals surface area contributed by atoms with Crippen molar-refractivity contribution < 1.29 is 87.7 Å². The van der Waals surface area contributed by atoms with Crippen LogP contribution in [0.15, 0.2) is 65.7 Å². The fraction of sp³-hybridized carbons (Fsp3) is 0.619. The zero-order valence-corrected chi connectivity index (χ0v) is 52.7. The average molecular weight is 1270 g/mol. The van der Waals surface area contributed by atoms with Crippen LogP contribution in [0.1, 0.15) is 145 Å². The lowest BCUT2D eigenvalue weighted by molar-refractivity contribution is -0.157. The van der Waals surface area contributed by atoms with E-state index in [0.717, 1.165) is 0 Å². The molecule has 0 unspecified atom stereocenters. The van der Waals surface area contributed by atoms with Gasteiger partial charge in [0.15, 0.2) is 17.5 Å². The molecule has 0 bridgehead atoms. The largest absolute Gasteiger partial charge is 0.480 e. The third-order valence-corrected chi connectivity index (χ3v) is 14.6. The number of carboxylic acid groups (broad SMARTS) is 1. The molecule has 0 saturated carbocycles. The number of aliphatic imine (C=N–C) groups is 1. The number of carboxylic acids is 1. The highest BCUT2D eigenvalue weighted by atomic mass is 16.6. The summed E-state index contributed by atoms with van der Waals surface area (Å²) in [5.74, 6) is -17.3. The number of esters is 2. The first kappa shape index (κ1) is 80.1. The predicted molar refractivity (Wildman–Crippen MR) is 333 cm³/mol. The molecule has 12 atom stereocenters. The van der Waals surface area contributed by atoms with Crippen LogP contribution in [0, 0.1) is 35.5 Å². The van der Waals surface area contributed by atoms with E-state index in [-0.39, 0.29) is 58.1 Å². The van der Waals surface area contributed by atoms with Crippen LogP contribution >= 0.6 is 0 Å². The SMILES string of the molecule is C.CC[C@H](C)[C@H](NC(=O)[C@@H](CCCN=C(N)N)CC(=O)[C@H](CC(C)C)NC(=O)[C@@H](NC(=O)[C@@H](CC(=O)OCc1ccccc1)[C@H](CC(=O)OC(C)(C)C)c1ccccc1)[C@H](O)C(C)C)C(=O)C[C@H](C(=O)NCC(=O)N[C@@H](CO)C(=O)N[C@@H](CO)C(=O)O)[C@H](C)O. The van der Waals surface area contributed by atoms with Gasteiger partial charge in [0.2, 0.25) is 35.4 Å². The molecule has 0 aliphatic rings. The van der Waals surface area contributed by atoms with Crippen LogP contribution < -0.4 is 43.4 Å². The summed E-state index contributed by atoms with van der Waals surface area (Å²) in [6.45, 7) is 13.4. The minimum atomic E-state index is -1.76. The van der Waals surface area contributed by atoms with Gasteiger partial charge in [-0.15, -0.1) is 0 Å². The van der Waals surface area contributed by atoms with Gasteiger partial charge in [-0.1, -0.05) is 116 Å². The van der Waals surface area contributed by atoms with Gasteiger partial charge in [-0.3, -0.25) is 52.9 Å². The second-order valence-electron chi connectivity index (χ2n) is 24.0. The number of ketones is 2. The predicted octanol–water partition coefficient (Wildman–Crippen LogP) is 1.19. The molecule has 0 aromatic heterocycles. The van der Waals surface area contributed by atoms with Gasteiger partial charge in [0.1, 0.15) is 30.3 Å². The number of nitrogens with zero attached hydrogens (tertiary/aromatic N) is 1. The molecule has 0 fully saturated rings. The lowest BCUT2D eigenvalue weighted by Gasteiger charge is -2.32. The van der Waals surface area contributed by atoms with Gasteiger partial charge in [0.05, 0.1) is 68.7 Å². The lowest BCUT2D eigenvalue weighted by Crippen LogP contribution is -2.59. The topological polar surface area (TPSA) is 444 Å². The van der Waals surface area contributed by atoms with Gasteiger partial charge in [-0.25, -0.2) is 4.79 Å². The van der Waals surface area contributed by atoms with E-state index in [9.17, 15) is 73.2 Å². The summed E-state index contributed by atoms with van der Waals surface area (Å²) in [5, 5.41) is 64.9. The van der Waals surface area contributed by atoms with E-state index < -0.39 is 187 Å². The molecular formula is C63H99N9O18. The molecule has 2 rings (SSSR count). The number of guanidine groups is 1. The summed E-state index contributed by atoms with van der Waals surface area (Å²) >= 11 is 0. The molecule has 6 amide bonds. The zero-order chi connectivity index (χ0) is 67.3. The van der Waals surface area contributed by atoms with Gasteiger partial charge >= 0.3 is 17.9 Å². The van der Waals surface area contributed by atoms with Crippen LogP contribution in [-0.2, 0) is 68.8 Å². The summed E-state index contributed by atoms with van der Waals surface area (Å²) in [6, 6.07) is 9.38. The number of nitrogens with one attached hydrogen (secondary N) is 6. The van der Waals surface area contributed by atoms with Crippen molar-refractivity contribution >= 4 is 70.9 Å². The molecular weight excluding hydrogens is 1170 g/mol. The zero-order valence-electron chi connectivity index (χ0n) is 52.7. The Hall–Kier alpha value is -7.88. The number of hydrogen-bond acceptors (Lipinski definition) is 18. The maximum absolute atomic E-state index is 14.9. The number of aliphatic carboxylic acids is 1. The van der Waals surface area contributed by atoms with E-state index in [1.165, 1.54) is 6.92 Å². The number of amides is 6. The molecule has 0 heterocycles. The highest BCUT2D eigenvalue weighted by Gasteiger charge is 2.41. The third-order valence-electron chi connectivity index (χ3n) is 14.6. The van der Waals surface area contributed by atoms with Crippen molar-refractivity contribution in [2.75, 3.05) is 26.3 Å². The van der Waals surface area contributed by atoms with Gasteiger partial charge in [-0.2, -0.15) is 0 Å². The van der Waals surface area contributed by atoms with Crippen LogP contribution in [0.5, 0.6) is 0 Å². The van der Waals surface area contributed by atoms with Crippen molar-refractivity contribution in [3.8, 4) is 0 Å². The second kappa shape index (κ2) is 40.0. The highest BCUT2D eigenvalue weighted by Crippen LogP contribution is 2.33. The van der Waals surface area contributed by atoms with Crippen molar-refractivity contribution in [1.29, 1.82) is 0 Å². The molecule has 0 radical (unpaired) electrons. The normalized spacial score (nSPS) is 15.3. The minimum absolute atomic E-state index is 0. The van der Waals surface area contributed by atoms with E-state index >= 15 is 0 Å². The number of aliphatic hydroxyl groups is 4. The number of ether oxygens (including phenoxy) is 2.